The number of fused-ring (bicyclic) bond motifs is 6. The molecule has 0 aliphatic heterocycles. The molecule has 0 spiro atoms. The predicted molar refractivity (Wildman–Crippen MR) is 349 cm³/mol. The molecule has 12 aromatic carbocycles. The van der Waals surface area contributed by atoms with E-state index in [1.165, 1.54) is 52.6 Å². The summed E-state index contributed by atoms with van der Waals surface area (Å²) in [6.07, 6.45) is 0. The van der Waals surface area contributed by atoms with Crippen LogP contribution in [0, 0.1) is 0 Å². The van der Waals surface area contributed by atoms with Crippen LogP contribution >= 0.6 is 0 Å². The monoisotopic (exact) mass is 1080 g/mol. The van der Waals surface area contributed by atoms with Crippen LogP contribution in [0.2, 0.25) is 0 Å². The van der Waals surface area contributed by atoms with Crippen LogP contribution in [-0.4, -0.2) is 35.2 Å². The first kappa shape index (κ1) is 48.8. The molecule has 386 valence electrons. The van der Waals surface area contributed by atoms with Crippen LogP contribution in [0.4, 0.5) is 0 Å². The molecule has 6 heteroatoms. The molecule has 4 nitrogen and oxygen atoms in total. The van der Waals surface area contributed by atoms with Crippen LogP contribution in [0.25, 0.3) is 77.8 Å². The average Bonchev–Trinajstić information content (AvgIpc) is 2.04. The molecule has 0 amide bonds. The van der Waals surface area contributed by atoms with Crippen molar-refractivity contribution in [3.63, 3.8) is 0 Å². The summed E-state index contributed by atoms with van der Waals surface area (Å²) < 4.78 is 4.64. The highest BCUT2D eigenvalue weighted by Crippen LogP contribution is 2.37. The van der Waals surface area contributed by atoms with Gasteiger partial charge in [-0.2, -0.15) is 4.98 Å². The maximum atomic E-state index is 5.92. The Hall–Kier alpha value is -10.2. The number of aromatic nitrogens is 4. The first-order valence-corrected chi connectivity index (χ1v) is 32.1. The van der Waals surface area contributed by atoms with Crippen LogP contribution in [0.3, 0.4) is 0 Å². The van der Waals surface area contributed by atoms with E-state index in [4.69, 9.17) is 9.97 Å². The van der Waals surface area contributed by atoms with Gasteiger partial charge in [-0.3, -0.25) is 9.13 Å². The van der Waals surface area contributed by atoms with Gasteiger partial charge >= 0.3 is 0 Å². The van der Waals surface area contributed by atoms with Crippen LogP contribution in [-0.2, 0) is 0 Å². The van der Waals surface area contributed by atoms with Crippen molar-refractivity contribution in [3.05, 3.63) is 328 Å². The summed E-state index contributed by atoms with van der Waals surface area (Å²) in [5, 5.41) is 15.0. The van der Waals surface area contributed by atoms with Crippen LogP contribution in [0.5, 0.6) is 0 Å². The van der Waals surface area contributed by atoms with Gasteiger partial charge in [0.1, 0.15) is 5.82 Å². The molecular formula is C76H54N4Si2. The van der Waals surface area contributed by atoms with Gasteiger partial charge in [-0.15, -0.1) is 0 Å². The van der Waals surface area contributed by atoms with E-state index < -0.39 is 16.1 Å². The van der Waals surface area contributed by atoms with Crippen molar-refractivity contribution in [2.24, 2.45) is 0 Å². The van der Waals surface area contributed by atoms with Gasteiger partial charge in [0.05, 0.1) is 27.8 Å². The predicted octanol–water partition coefficient (Wildman–Crippen LogP) is 12.8. The number of nitrogens with zero attached hydrogens (tertiary/aromatic N) is 4. The third-order valence-electron chi connectivity index (χ3n) is 16.8. The summed E-state index contributed by atoms with van der Waals surface area (Å²) >= 11 is 0. The topological polar surface area (TPSA) is 35.6 Å². The van der Waals surface area contributed by atoms with Crippen molar-refractivity contribution in [2.45, 2.75) is 0 Å². The molecule has 15 rings (SSSR count). The van der Waals surface area contributed by atoms with Crippen LogP contribution < -0.4 is 41.5 Å². The summed E-state index contributed by atoms with van der Waals surface area (Å²) in [7, 11) is -6.44. The molecule has 0 bridgehead atoms. The zero-order chi connectivity index (χ0) is 54.5. The molecule has 3 aromatic heterocycles. The average molecular weight is 1080 g/mol. The Morgan fingerprint density at radius 3 is 0.976 bits per heavy atom. The highest BCUT2D eigenvalue weighted by atomic mass is 28.3. The third kappa shape index (κ3) is 7.94. The summed E-state index contributed by atoms with van der Waals surface area (Å²) in [5.41, 5.74) is 8.42. The van der Waals surface area contributed by atoms with E-state index in [2.05, 4.69) is 337 Å². The van der Waals surface area contributed by atoms with E-state index in [-0.39, 0.29) is 0 Å². The quantitative estimate of drug-likeness (QED) is 0.0903. The highest BCUT2D eigenvalue weighted by Gasteiger charge is 2.46. The molecule has 0 radical (unpaired) electrons. The molecule has 0 unspecified atom stereocenters. The Bertz CT molecular complexity index is 4390. The molecule has 0 saturated heterocycles. The third-order valence-corrected chi connectivity index (χ3v) is 26.3. The van der Waals surface area contributed by atoms with E-state index >= 15 is 0 Å². The van der Waals surface area contributed by atoms with Gasteiger partial charge in [0.2, 0.25) is 5.95 Å². The lowest BCUT2D eigenvalue weighted by Crippen LogP contribution is -2.78. The molecule has 0 aliphatic carbocycles. The first-order valence-electron chi connectivity index (χ1n) is 28.1. The normalized spacial score (nSPS) is 11.9. The Balaban J connectivity index is 1.12. The van der Waals surface area contributed by atoms with E-state index in [9.17, 15) is 0 Å². The van der Waals surface area contributed by atoms with Crippen molar-refractivity contribution in [3.8, 4) is 34.2 Å². The van der Waals surface area contributed by atoms with E-state index in [0.717, 1.165) is 60.7 Å². The van der Waals surface area contributed by atoms with E-state index in [1.807, 2.05) is 0 Å². The smallest absolute Gasteiger partial charge is 0.237 e. The standard InChI is InChI=1S/C76H54N4Si2/c1-8-28-55(29-9-1)56-48-49-74-69(52-56)68-44-24-25-45-71(68)79(74)75-54-70(77-76(78-75)80-72-46-26-22-42-66(72)67-43-23-27-47-73(67)80)57-50-64(81(58-30-10-2-11-31-58,59-32-12-3-13-33-59)60-34-14-4-15-35-60)53-65(51-57)82(61-36-16-5-17-37-61,62-38-18-6-19-39-62)63-40-20-7-21-41-63/h1-54H. The minimum absolute atomic E-state index is 0.596. The van der Waals surface area contributed by atoms with Gasteiger partial charge in [-0.1, -0.05) is 291 Å². The molecule has 0 fully saturated rings. The van der Waals surface area contributed by atoms with Gasteiger partial charge < -0.3 is 0 Å². The Labute approximate surface area is 479 Å². The molecule has 82 heavy (non-hydrogen) atoms. The van der Waals surface area contributed by atoms with Crippen LogP contribution in [0.15, 0.2) is 328 Å². The lowest BCUT2D eigenvalue weighted by Gasteiger charge is -2.38. The molecular weight excluding hydrogens is 1030 g/mol. The second-order valence-corrected chi connectivity index (χ2v) is 28.8. The zero-order valence-corrected chi connectivity index (χ0v) is 47.0. The van der Waals surface area contributed by atoms with Gasteiger partial charge in [-0.25, -0.2) is 4.98 Å². The molecule has 0 N–H and O–H groups in total. The van der Waals surface area contributed by atoms with Gasteiger partial charge in [-0.05, 0) is 83.0 Å². The van der Waals surface area contributed by atoms with Crippen LogP contribution in [0.1, 0.15) is 0 Å². The SMILES string of the molecule is c1ccc(-c2ccc3c(c2)c2ccccc2n3-c2cc(-c3cc([Si](c4ccccc4)(c4ccccc4)c4ccccc4)cc([Si](c4ccccc4)(c4ccccc4)c4ccccc4)c3)nc(-n3c4ccccc4c4ccccc43)n2)cc1. The Morgan fingerprint density at radius 1 is 0.220 bits per heavy atom. The molecule has 0 saturated carbocycles. The second-order valence-electron chi connectivity index (χ2n) is 21.2. The van der Waals surface area contributed by atoms with Gasteiger partial charge in [0.15, 0.2) is 16.1 Å². The number of hydrogen-bond donors (Lipinski definition) is 0. The Morgan fingerprint density at radius 2 is 0.561 bits per heavy atom. The maximum absolute atomic E-state index is 5.92. The minimum Gasteiger partial charge on any atom is -0.294 e. The highest BCUT2D eigenvalue weighted by molar-refractivity contribution is 7.22. The number of rotatable bonds is 12. The van der Waals surface area contributed by atoms with Gasteiger partial charge in [0, 0.05) is 33.2 Å². The Kier molecular flexibility index (Phi) is 12.2. The maximum Gasteiger partial charge on any atom is 0.237 e. The fourth-order valence-corrected chi connectivity index (χ4v) is 23.1. The number of para-hydroxylation sites is 3. The minimum atomic E-state index is -3.22. The summed E-state index contributed by atoms with van der Waals surface area (Å²) in [4.78, 5) is 11.7. The summed E-state index contributed by atoms with van der Waals surface area (Å²) in [5.74, 6) is 1.38. The summed E-state index contributed by atoms with van der Waals surface area (Å²) in [6.45, 7) is 0. The second kappa shape index (κ2) is 20.4. The first-order chi connectivity index (χ1) is 40.7. The lowest BCUT2D eigenvalue weighted by atomic mass is 10.0. The van der Waals surface area contributed by atoms with Gasteiger partial charge in [0.25, 0.3) is 0 Å². The molecule has 15 aromatic rings. The van der Waals surface area contributed by atoms with Crippen molar-refractivity contribution < 1.29 is 0 Å². The van der Waals surface area contributed by atoms with Crippen molar-refractivity contribution in [1.29, 1.82) is 0 Å². The fourth-order valence-electron chi connectivity index (χ4n) is 13.3. The lowest BCUT2D eigenvalue weighted by molar-refractivity contribution is 0.952. The zero-order valence-electron chi connectivity index (χ0n) is 45.0. The molecule has 0 aliphatic rings. The van der Waals surface area contributed by atoms with Crippen molar-refractivity contribution in [1.82, 2.24) is 19.1 Å². The molecule has 3 heterocycles. The fraction of sp³-hybridized carbons (Fsp3) is 0. The van der Waals surface area contributed by atoms with E-state index in [1.54, 1.807) is 0 Å². The number of benzene rings is 12. The number of hydrogen-bond acceptors (Lipinski definition) is 2. The van der Waals surface area contributed by atoms with Crippen molar-refractivity contribution >= 4 is 101 Å². The summed E-state index contributed by atoms with van der Waals surface area (Å²) in [6, 6.07) is 121. The van der Waals surface area contributed by atoms with E-state index in [0.29, 0.717) is 5.95 Å². The largest absolute Gasteiger partial charge is 0.294 e. The molecule has 0 atom stereocenters. The van der Waals surface area contributed by atoms with Crippen molar-refractivity contribution in [2.75, 3.05) is 0 Å².